The van der Waals surface area contributed by atoms with Gasteiger partial charge in [0.15, 0.2) is 0 Å². The number of carbonyl (C=O) groups excluding carboxylic acids is 2. The van der Waals surface area contributed by atoms with Crippen molar-refractivity contribution in [3.63, 3.8) is 0 Å². The van der Waals surface area contributed by atoms with Crippen LogP contribution in [0.1, 0.15) is 64.4 Å². The van der Waals surface area contributed by atoms with Crippen LogP contribution in [-0.2, 0) is 16.1 Å². The lowest BCUT2D eigenvalue weighted by Crippen LogP contribution is -2.50. The quantitative estimate of drug-likeness (QED) is 0.815. The Bertz CT molecular complexity index is 585. The molecular formula is C20H29FN2O2. The molecule has 0 heterocycles. The van der Waals surface area contributed by atoms with Crippen molar-refractivity contribution < 1.29 is 14.0 Å². The minimum absolute atomic E-state index is 0.114. The number of carbonyl (C=O) groups is 2. The van der Waals surface area contributed by atoms with Crippen molar-refractivity contribution in [1.29, 1.82) is 0 Å². The molecule has 1 aliphatic rings. The van der Waals surface area contributed by atoms with Gasteiger partial charge in [-0.3, -0.25) is 9.59 Å². The Morgan fingerprint density at radius 3 is 2.56 bits per heavy atom. The third-order valence-corrected chi connectivity index (χ3v) is 4.88. The Balaban J connectivity index is 2.08. The van der Waals surface area contributed by atoms with Crippen molar-refractivity contribution in [1.82, 2.24) is 10.2 Å². The Hall–Kier alpha value is -1.91. The van der Waals surface area contributed by atoms with Crippen LogP contribution in [0.5, 0.6) is 0 Å². The Morgan fingerprint density at radius 2 is 1.92 bits per heavy atom. The molecule has 1 aliphatic carbocycles. The Morgan fingerprint density at radius 1 is 1.24 bits per heavy atom. The zero-order valence-electron chi connectivity index (χ0n) is 15.3. The van der Waals surface area contributed by atoms with Crippen molar-refractivity contribution >= 4 is 11.8 Å². The highest BCUT2D eigenvalue weighted by Crippen LogP contribution is 2.19. The van der Waals surface area contributed by atoms with Crippen LogP contribution in [0.15, 0.2) is 24.3 Å². The van der Waals surface area contributed by atoms with Crippen LogP contribution in [0.4, 0.5) is 4.39 Å². The van der Waals surface area contributed by atoms with Gasteiger partial charge in [-0.05, 0) is 32.3 Å². The van der Waals surface area contributed by atoms with E-state index in [-0.39, 0.29) is 30.2 Å². The number of hydrogen-bond acceptors (Lipinski definition) is 2. The predicted octanol–water partition coefficient (Wildman–Crippen LogP) is 3.79. The molecule has 4 nitrogen and oxygen atoms in total. The third-order valence-electron chi connectivity index (χ3n) is 4.88. The van der Waals surface area contributed by atoms with E-state index in [1.165, 1.54) is 17.4 Å². The summed E-state index contributed by atoms with van der Waals surface area (Å²) in [5.41, 5.74) is 0.435. The third kappa shape index (κ3) is 5.55. The van der Waals surface area contributed by atoms with Gasteiger partial charge in [0.2, 0.25) is 11.8 Å². The summed E-state index contributed by atoms with van der Waals surface area (Å²) in [6.07, 6.45) is 6.53. The lowest BCUT2D eigenvalue weighted by molar-refractivity contribution is -0.141. The lowest BCUT2D eigenvalue weighted by atomic mass is 9.95. The molecule has 1 aromatic rings. The van der Waals surface area contributed by atoms with Gasteiger partial charge in [0.1, 0.15) is 11.9 Å². The monoisotopic (exact) mass is 348 g/mol. The highest BCUT2D eigenvalue weighted by molar-refractivity contribution is 5.87. The Labute approximate surface area is 149 Å². The van der Waals surface area contributed by atoms with Crippen molar-refractivity contribution in [2.75, 3.05) is 0 Å². The first kappa shape index (κ1) is 19.4. The van der Waals surface area contributed by atoms with E-state index in [1.807, 2.05) is 6.92 Å². The fourth-order valence-electron chi connectivity index (χ4n) is 3.32. The van der Waals surface area contributed by atoms with Crippen LogP contribution < -0.4 is 5.32 Å². The number of nitrogens with one attached hydrogen (secondary N) is 1. The molecule has 25 heavy (non-hydrogen) atoms. The van der Waals surface area contributed by atoms with Gasteiger partial charge in [-0.1, -0.05) is 44.4 Å². The standard InChI is InChI=1S/C20H29FN2O2/c1-3-9-19(24)23(14-16-10-7-8-13-18(16)21)15(2)20(25)22-17-11-5-4-6-12-17/h7-8,10,13,15,17H,3-6,9,11-12,14H2,1-2H3,(H,22,25)/t15-/m0/s1. The van der Waals surface area contributed by atoms with Crippen LogP contribution in [0.2, 0.25) is 0 Å². The fourth-order valence-corrected chi connectivity index (χ4v) is 3.32. The molecule has 0 radical (unpaired) electrons. The molecule has 1 atom stereocenters. The predicted molar refractivity (Wildman–Crippen MR) is 96.3 cm³/mol. The van der Waals surface area contributed by atoms with Gasteiger partial charge >= 0.3 is 0 Å². The van der Waals surface area contributed by atoms with Crippen LogP contribution >= 0.6 is 0 Å². The molecule has 2 rings (SSSR count). The summed E-state index contributed by atoms with van der Waals surface area (Å²) in [5.74, 6) is -0.610. The van der Waals surface area contributed by atoms with E-state index < -0.39 is 6.04 Å². The molecule has 0 aliphatic heterocycles. The average Bonchev–Trinajstić information content (AvgIpc) is 2.61. The van der Waals surface area contributed by atoms with Gasteiger partial charge < -0.3 is 10.2 Å². The number of benzene rings is 1. The van der Waals surface area contributed by atoms with E-state index in [2.05, 4.69) is 5.32 Å². The molecule has 138 valence electrons. The summed E-state index contributed by atoms with van der Waals surface area (Å²) in [7, 11) is 0. The maximum atomic E-state index is 14.0. The van der Waals surface area contributed by atoms with Crippen molar-refractivity contribution in [2.45, 2.75) is 77.4 Å². The molecule has 1 N–H and O–H groups in total. The second kappa shape index (κ2) is 9.54. The zero-order valence-corrected chi connectivity index (χ0v) is 15.3. The molecule has 5 heteroatoms. The van der Waals surface area contributed by atoms with Crippen molar-refractivity contribution in [3.8, 4) is 0 Å². The van der Waals surface area contributed by atoms with Gasteiger partial charge in [0.05, 0.1) is 0 Å². The second-order valence-electron chi connectivity index (χ2n) is 6.88. The Kier molecular flexibility index (Phi) is 7.41. The summed E-state index contributed by atoms with van der Waals surface area (Å²) in [6, 6.07) is 5.99. The van der Waals surface area contributed by atoms with Crippen LogP contribution in [0.3, 0.4) is 0 Å². The number of hydrogen-bond donors (Lipinski definition) is 1. The molecule has 0 spiro atoms. The number of rotatable bonds is 7. The highest BCUT2D eigenvalue weighted by Gasteiger charge is 2.28. The minimum Gasteiger partial charge on any atom is -0.352 e. The number of nitrogens with zero attached hydrogens (tertiary/aromatic N) is 1. The van der Waals surface area contributed by atoms with Gasteiger partial charge in [-0.2, -0.15) is 0 Å². The number of amides is 2. The molecule has 0 bridgehead atoms. The van der Waals surface area contributed by atoms with Crippen molar-refractivity contribution in [2.24, 2.45) is 0 Å². The molecule has 0 unspecified atom stereocenters. The van der Waals surface area contributed by atoms with E-state index in [9.17, 15) is 14.0 Å². The molecule has 1 saturated carbocycles. The first-order valence-corrected chi connectivity index (χ1v) is 9.36. The molecule has 0 saturated heterocycles. The summed E-state index contributed by atoms with van der Waals surface area (Å²) in [5, 5.41) is 3.07. The zero-order chi connectivity index (χ0) is 18.2. The summed E-state index contributed by atoms with van der Waals surface area (Å²) in [6.45, 7) is 3.77. The van der Waals surface area contributed by atoms with Crippen LogP contribution in [-0.4, -0.2) is 28.8 Å². The van der Waals surface area contributed by atoms with E-state index in [0.29, 0.717) is 18.4 Å². The smallest absolute Gasteiger partial charge is 0.242 e. The molecular weight excluding hydrogens is 319 g/mol. The van der Waals surface area contributed by atoms with Gasteiger partial charge in [0, 0.05) is 24.6 Å². The summed E-state index contributed by atoms with van der Waals surface area (Å²) in [4.78, 5) is 26.7. The fraction of sp³-hybridized carbons (Fsp3) is 0.600. The first-order valence-electron chi connectivity index (χ1n) is 9.36. The topological polar surface area (TPSA) is 49.4 Å². The van der Waals surface area contributed by atoms with E-state index >= 15 is 0 Å². The molecule has 0 aromatic heterocycles. The minimum atomic E-state index is -0.611. The van der Waals surface area contributed by atoms with Crippen molar-refractivity contribution in [3.05, 3.63) is 35.6 Å². The molecule has 1 aromatic carbocycles. The van der Waals surface area contributed by atoms with Crippen LogP contribution in [0.25, 0.3) is 0 Å². The average molecular weight is 348 g/mol. The van der Waals surface area contributed by atoms with E-state index in [1.54, 1.807) is 25.1 Å². The SMILES string of the molecule is CCCC(=O)N(Cc1ccccc1F)[C@@H](C)C(=O)NC1CCCCC1. The van der Waals surface area contributed by atoms with E-state index in [0.717, 1.165) is 25.7 Å². The van der Waals surface area contributed by atoms with Gasteiger partial charge in [-0.15, -0.1) is 0 Å². The maximum Gasteiger partial charge on any atom is 0.242 e. The second-order valence-corrected chi connectivity index (χ2v) is 6.88. The number of halogens is 1. The largest absolute Gasteiger partial charge is 0.352 e. The summed E-state index contributed by atoms with van der Waals surface area (Å²) >= 11 is 0. The van der Waals surface area contributed by atoms with Gasteiger partial charge in [-0.25, -0.2) is 4.39 Å². The highest BCUT2D eigenvalue weighted by atomic mass is 19.1. The van der Waals surface area contributed by atoms with Crippen LogP contribution in [0, 0.1) is 5.82 Å². The summed E-state index contributed by atoms with van der Waals surface area (Å²) < 4.78 is 14.0. The van der Waals surface area contributed by atoms with E-state index in [4.69, 9.17) is 0 Å². The maximum absolute atomic E-state index is 14.0. The first-order chi connectivity index (χ1) is 12.0. The normalized spacial score (nSPS) is 16.3. The molecule has 2 amide bonds. The lowest BCUT2D eigenvalue weighted by Gasteiger charge is -2.31. The van der Waals surface area contributed by atoms with Gasteiger partial charge in [0.25, 0.3) is 0 Å². The molecule has 1 fully saturated rings.